The third kappa shape index (κ3) is 5.16. The molecule has 166 valence electrons. The van der Waals surface area contributed by atoms with Crippen LogP contribution >= 0.6 is 23.4 Å². The molecule has 0 unspecified atom stereocenters. The van der Waals surface area contributed by atoms with Crippen LogP contribution in [0.15, 0.2) is 55.9 Å². The third-order valence-electron chi connectivity index (χ3n) is 5.38. The Hall–Kier alpha value is -2.78. The second-order valence-electron chi connectivity index (χ2n) is 7.73. The maximum absolute atomic E-state index is 5.94. The Labute approximate surface area is 196 Å². The van der Waals surface area contributed by atoms with Gasteiger partial charge in [0.25, 0.3) is 0 Å². The molecular weight excluding hydrogens is 446 g/mol. The van der Waals surface area contributed by atoms with Gasteiger partial charge in [0.2, 0.25) is 17.8 Å². The number of benzene rings is 1. The molecule has 2 aliphatic heterocycles. The minimum Gasteiger partial charge on any atom is -0.448 e. The van der Waals surface area contributed by atoms with Crippen molar-refractivity contribution < 1.29 is 4.42 Å². The van der Waals surface area contributed by atoms with Crippen molar-refractivity contribution in [3.8, 4) is 0 Å². The highest BCUT2D eigenvalue weighted by Gasteiger charge is 2.21. The topological polar surface area (TPSA) is 82.7 Å². The first kappa shape index (κ1) is 21.1. The van der Waals surface area contributed by atoms with Crippen LogP contribution in [0, 0.1) is 0 Å². The fourth-order valence-electron chi connectivity index (χ4n) is 3.75. The summed E-state index contributed by atoms with van der Waals surface area (Å²) in [5.74, 6) is 2.53. The summed E-state index contributed by atoms with van der Waals surface area (Å²) in [4.78, 5) is 19.4. The smallest absolute Gasteiger partial charge is 0.250 e. The van der Waals surface area contributed by atoms with E-state index < -0.39 is 0 Å². The molecule has 2 aliphatic rings. The SMILES string of the molecule is Clc1ccc(Sc2ccc(/C=N/Nc3nc(N4CCCC4)nc(N4CCCC4)n3)o2)cc1. The first-order chi connectivity index (χ1) is 15.7. The van der Waals surface area contributed by atoms with E-state index >= 15 is 0 Å². The summed E-state index contributed by atoms with van der Waals surface area (Å²) in [5.41, 5.74) is 2.96. The summed E-state index contributed by atoms with van der Waals surface area (Å²) in [7, 11) is 0. The van der Waals surface area contributed by atoms with Gasteiger partial charge in [-0.15, -0.1) is 0 Å². The summed E-state index contributed by atoms with van der Waals surface area (Å²) in [6.07, 6.45) is 6.29. The summed E-state index contributed by atoms with van der Waals surface area (Å²) in [6, 6.07) is 11.4. The molecule has 2 saturated heterocycles. The van der Waals surface area contributed by atoms with Crippen molar-refractivity contribution in [3.63, 3.8) is 0 Å². The Morgan fingerprint density at radius 2 is 1.50 bits per heavy atom. The van der Waals surface area contributed by atoms with Crippen molar-refractivity contribution in [2.45, 2.75) is 35.7 Å². The molecular formula is C22H24ClN7OS. The lowest BCUT2D eigenvalue weighted by molar-refractivity contribution is 0.469. The minimum atomic E-state index is 0.447. The molecule has 0 saturated carbocycles. The fraction of sp³-hybridized carbons (Fsp3) is 0.364. The van der Waals surface area contributed by atoms with Crippen molar-refractivity contribution >= 4 is 47.4 Å². The second-order valence-corrected chi connectivity index (χ2v) is 9.24. The van der Waals surface area contributed by atoms with E-state index in [4.69, 9.17) is 21.0 Å². The monoisotopic (exact) mass is 469 g/mol. The number of rotatable bonds is 7. The number of hydrogen-bond acceptors (Lipinski definition) is 9. The van der Waals surface area contributed by atoms with Crippen molar-refractivity contribution in [2.75, 3.05) is 41.4 Å². The van der Waals surface area contributed by atoms with Gasteiger partial charge in [-0.3, -0.25) is 0 Å². The minimum absolute atomic E-state index is 0.447. The van der Waals surface area contributed by atoms with Gasteiger partial charge in [-0.1, -0.05) is 23.4 Å². The van der Waals surface area contributed by atoms with E-state index in [1.54, 1.807) is 6.21 Å². The Bertz CT molecular complexity index is 1040. The molecule has 4 heterocycles. The van der Waals surface area contributed by atoms with Crippen molar-refractivity contribution in [2.24, 2.45) is 5.10 Å². The lowest BCUT2D eigenvalue weighted by Crippen LogP contribution is -2.25. The molecule has 5 rings (SSSR count). The number of furan rings is 1. The van der Waals surface area contributed by atoms with E-state index in [1.165, 1.54) is 37.4 Å². The van der Waals surface area contributed by atoms with Crippen LogP contribution in [-0.2, 0) is 0 Å². The van der Waals surface area contributed by atoms with E-state index in [2.05, 4.69) is 30.3 Å². The zero-order valence-electron chi connectivity index (χ0n) is 17.6. The van der Waals surface area contributed by atoms with Gasteiger partial charge in [0.05, 0.1) is 6.21 Å². The van der Waals surface area contributed by atoms with Crippen LogP contribution < -0.4 is 15.2 Å². The van der Waals surface area contributed by atoms with Crippen LogP contribution in [0.3, 0.4) is 0 Å². The molecule has 0 atom stereocenters. The van der Waals surface area contributed by atoms with Gasteiger partial charge in [-0.2, -0.15) is 20.1 Å². The molecule has 8 nitrogen and oxygen atoms in total. The Morgan fingerprint density at radius 1 is 0.875 bits per heavy atom. The lowest BCUT2D eigenvalue weighted by atomic mass is 10.4. The van der Waals surface area contributed by atoms with Gasteiger partial charge in [0.15, 0.2) is 5.09 Å². The third-order valence-corrected chi connectivity index (χ3v) is 6.56. The van der Waals surface area contributed by atoms with E-state index in [9.17, 15) is 0 Å². The predicted octanol–water partition coefficient (Wildman–Crippen LogP) is 4.92. The normalized spacial score (nSPS) is 16.4. The predicted molar refractivity (Wildman–Crippen MR) is 128 cm³/mol. The van der Waals surface area contributed by atoms with Gasteiger partial charge in [0.1, 0.15) is 5.76 Å². The average molecular weight is 470 g/mol. The molecule has 1 aromatic carbocycles. The molecule has 0 aliphatic carbocycles. The van der Waals surface area contributed by atoms with Crippen molar-refractivity contribution in [3.05, 3.63) is 47.2 Å². The average Bonchev–Trinajstić information content (AvgIpc) is 3.58. The first-order valence-corrected chi connectivity index (χ1v) is 12.0. The Balaban J connectivity index is 1.27. The summed E-state index contributed by atoms with van der Waals surface area (Å²) in [6.45, 7) is 3.92. The highest BCUT2D eigenvalue weighted by Crippen LogP contribution is 2.29. The molecule has 1 N–H and O–H groups in total. The summed E-state index contributed by atoms with van der Waals surface area (Å²) >= 11 is 7.47. The van der Waals surface area contributed by atoms with Gasteiger partial charge in [-0.25, -0.2) is 5.43 Å². The van der Waals surface area contributed by atoms with Crippen LogP contribution in [0.4, 0.5) is 17.8 Å². The highest BCUT2D eigenvalue weighted by molar-refractivity contribution is 7.99. The van der Waals surface area contributed by atoms with Gasteiger partial charge in [0, 0.05) is 36.1 Å². The Kier molecular flexibility index (Phi) is 6.45. The van der Waals surface area contributed by atoms with E-state index in [1.807, 2.05) is 36.4 Å². The van der Waals surface area contributed by atoms with Crippen LogP contribution in [0.25, 0.3) is 0 Å². The molecule has 2 fully saturated rings. The molecule has 2 aromatic heterocycles. The molecule has 3 aromatic rings. The summed E-state index contributed by atoms with van der Waals surface area (Å²) in [5, 5.41) is 5.79. The van der Waals surface area contributed by atoms with E-state index in [0.717, 1.165) is 48.1 Å². The molecule has 32 heavy (non-hydrogen) atoms. The fourth-order valence-corrected chi connectivity index (χ4v) is 4.66. The van der Waals surface area contributed by atoms with Crippen molar-refractivity contribution in [1.29, 1.82) is 0 Å². The first-order valence-electron chi connectivity index (χ1n) is 10.8. The highest BCUT2D eigenvalue weighted by atomic mass is 35.5. The molecule has 0 radical (unpaired) electrons. The number of nitrogens with one attached hydrogen (secondary N) is 1. The van der Waals surface area contributed by atoms with Crippen LogP contribution in [0.1, 0.15) is 31.4 Å². The number of hydrogen-bond donors (Lipinski definition) is 1. The largest absolute Gasteiger partial charge is 0.448 e. The molecule has 0 bridgehead atoms. The maximum atomic E-state index is 5.94. The molecule has 0 amide bonds. The van der Waals surface area contributed by atoms with Crippen LogP contribution in [0.5, 0.6) is 0 Å². The molecule has 0 spiro atoms. The maximum Gasteiger partial charge on any atom is 0.250 e. The standard InChI is InChI=1S/C22H24ClN7OS/c23-16-5-8-18(9-6-16)32-19-10-7-17(31-19)15-24-28-20-25-21(29-11-1-2-12-29)27-22(26-20)30-13-3-4-14-30/h5-10,15H,1-4,11-14H2,(H,25,26,27,28)/b24-15+. The quantitative estimate of drug-likeness (QED) is 0.386. The second kappa shape index (κ2) is 9.79. The van der Waals surface area contributed by atoms with E-state index in [-0.39, 0.29) is 0 Å². The lowest BCUT2D eigenvalue weighted by Gasteiger charge is -2.20. The number of halogens is 1. The van der Waals surface area contributed by atoms with Gasteiger partial charge < -0.3 is 14.2 Å². The van der Waals surface area contributed by atoms with Gasteiger partial charge in [-0.05, 0) is 62.1 Å². The number of aromatic nitrogens is 3. The number of nitrogens with zero attached hydrogens (tertiary/aromatic N) is 6. The van der Waals surface area contributed by atoms with Gasteiger partial charge >= 0.3 is 0 Å². The zero-order chi connectivity index (χ0) is 21.8. The van der Waals surface area contributed by atoms with Crippen molar-refractivity contribution in [1.82, 2.24) is 15.0 Å². The number of hydrazone groups is 1. The van der Waals surface area contributed by atoms with E-state index in [0.29, 0.717) is 16.7 Å². The van der Waals surface area contributed by atoms with Crippen LogP contribution in [0.2, 0.25) is 5.02 Å². The Morgan fingerprint density at radius 3 is 2.12 bits per heavy atom. The molecule has 10 heteroatoms. The van der Waals surface area contributed by atoms with Crippen LogP contribution in [-0.4, -0.2) is 47.3 Å². The summed E-state index contributed by atoms with van der Waals surface area (Å²) < 4.78 is 5.84. The zero-order valence-corrected chi connectivity index (χ0v) is 19.1. The number of anilines is 3.